The molecule has 0 bridgehead atoms. The zero-order chi connectivity index (χ0) is 8.23. The minimum Gasteiger partial charge on any atom is -0.300 e. The summed E-state index contributed by atoms with van der Waals surface area (Å²) in [5, 5.41) is 6.75. The van der Waals surface area contributed by atoms with Crippen LogP contribution in [0.15, 0.2) is 24.3 Å². The maximum absolute atomic E-state index is 3.37. The second-order valence-electron chi connectivity index (χ2n) is 3.05. The molecule has 2 heteroatoms. The summed E-state index contributed by atoms with van der Waals surface area (Å²) in [7, 11) is 0. The van der Waals surface area contributed by atoms with Crippen molar-refractivity contribution in [3.8, 4) is 0 Å². The Morgan fingerprint density at radius 2 is 2.17 bits per heavy atom. The Kier molecular flexibility index (Phi) is 2.39. The molecule has 0 spiro atoms. The molecule has 1 aromatic carbocycles. The van der Waals surface area contributed by atoms with Crippen molar-refractivity contribution in [2.45, 2.75) is 12.6 Å². The minimum atomic E-state index is 0.448. The Bertz CT molecular complexity index is 227. The molecule has 12 heavy (non-hydrogen) atoms. The largest absolute Gasteiger partial charge is 0.300 e. The molecular formula is C10H13N2. The van der Waals surface area contributed by atoms with Gasteiger partial charge >= 0.3 is 0 Å². The molecule has 0 unspecified atom stereocenters. The molecule has 0 aromatic heterocycles. The first kappa shape index (κ1) is 7.77. The third-order valence-electron chi connectivity index (χ3n) is 2.10. The highest BCUT2D eigenvalue weighted by Crippen LogP contribution is 2.01. The highest BCUT2D eigenvalue weighted by molar-refractivity contribution is 5.14. The first-order chi connectivity index (χ1) is 5.95. The van der Waals surface area contributed by atoms with E-state index in [1.54, 1.807) is 0 Å². The van der Waals surface area contributed by atoms with Crippen molar-refractivity contribution in [3.05, 3.63) is 35.9 Å². The molecule has 63 valence electrons. The average Bonchev–Trinajstić information content (AvgIpc) is 2.59. The normalized spacial score (nSPS) is 18.3. The van der Waals surface area contributed by atoms with Crippen LogP contribution in [-0.4, -0.2) is 19.3 Å². The van der Waals surface area contributed by atoms with Crippen LogP contribution in [-0.2, 0) is 6.42 Å². The van der Waals surface area contributed by atoms with E-state index in [-0.39, 0.29) is 0 Å². The molecule has 2 nitrogen and oxygen atoms in total. The van der Waals surface area contributed by atoms with Gasteiger partial charge in [0, 0.05) is 19.5 Å². The maximum Gasteiger partial charge on any atom is 0.0614 e. The van der Waals surface area contributed by atoms with Gasteiger partial charge in [0.05, 0.1) is 6.17 Å². The van der Waals surface area contributed by atoms with Crippen molar-refractivity contribution in [2.75, 3.05) is 13.1 Å². The summed E-state index contributed by atoms with van der Waals surface area (Å²) in [4.78, 5) is 0. The smallest absolute Gasteiger partial charge is 0.0614 e. The number of rotatable bonds is 2. The molecule has 1 aliphatic heterocycles. The summed E-state index contributed by atoms with van der Waals surface area (Å²) in [6.45, 7) is 2.16. The van der Waals surface area contributed by atoms with Crippen LogP contribution in [0.3, 0.4) is 0 Å². The second-order valence-corrected chi connectivity index (χ2v) is 3.05. The Morgan fingerprint density at radius 1 is 1.33 bits per heavy atom. The van der Waals surface area contributed by atoms with Crippen LogP contribution < -0.4 is 10.6 Å². The zero-order valence-electron chi connectivity index (χ0n) is 7.01. The van der Waals surface area contributed by atoms with E-state index in [1.165, 1.54) is 5.56 Å². The number of nitrogens with one attached hydrogen (secondary N) is 2. The Balaban J connectivity index is 1.94. The third-order valence-corrected chi connectivity index (χ3v) is 2.10. The molecular weight excluding hydrogens is 148 g/mol. The predicted molar refractivity (Wildman–Crippen MR) is 48.8 cm³/mol. The second kappa shape index (κ2) is 3.70. The number of hydrogen-bond donors (Lipinski definition) is 2. The van der Waals surface area contributed by atoms with Crippen LogP contribution in [0.25, 0.3) is 0 Å². The van der Waals surface area contributed by atoms with Crippen molar-refractivity contribution in [3.63, 3.8) is 0 Å². The van der Waals surface area contributed by atoms with Crippen LogP contribution in [0.1, 0.15) is 5.56 Å². The SMILES string of the molecule is [c]1ccccc1CC1NCCN1. The fourth-order valence-electron chi connectivity index (χ4n) is 1.49. The van der Waals surface area contributed by atoms with Gasteiger partial charge in [-0.05, 0) is 11.6 Å². The molecule has 1 radical (unpaired) electrons. The summed E-state index contributed by atoms with van der Waals surface area (Å²) in [6, 6.07) is 11.3. The van der Waals surface area contributed by atoms with Gasteiger partial charge in [-0.15, -0.1) is 0 Å². The molecule has 1 saturated heterocycles. The van der Waals surface area contributed by atoms with Crippen molar-refractivity contribution in [2.24, 2.45) is 0 Å². The van der Waals surface area contributed by atoms with E-state index < -0.39 is 0 Å². The number of hydrogen-bond acceptors (Lipinski definition) is 2. The zero-order valence-corrected chi connectivity index (χ0v) is 7.01. The van der Waals surface area contributed by atoms with Crippen LogP contribution in [0.4, 0.5) is 0 Å². The summed E-state index contributed by atoms with van der Waals surface area (Å²) in [6.07, 6.45) is 1.48. The van der Waals surface area contributed by atoms with Crippen molar-refractivity contribution in [1.29, 1.82) is 0 Å². The lowest BCUT2D eigenvalue weighted by molar-refractivity contribution is 0.551. The minimum absolute atomic E-state index is 0.448. The Labute approximate surface area is 73.0 Å². The molecule has 0 aliphatic carbocycles. The van der Waals surface area contributed by atoms with E-state index in [0.29, 0.717) is 6.17 Å². The third kappa shape index (κ3) is 1.84. The predicted octanol–water partition coefficient (Wildman–Crippen LogP) is 0.548. The van der Waals surface area contributed by atoms with Crippen molar-refractivity contribution < 1.29 is 0 Å². The maximum atomic E-state index is 3.37. The van der Waals surface area contributed by atoms with Gasteiger partial charge in [-0.1, -0.05) is 24.3 Å². The van der Waals surface area contributed by atoms with Gasteiger partial charge < -0.3 is 10.6 Å². The standard InChI is InChI=1S/C10H13N2/c1-2-4-9(5-3-1)8-10-11-6-7-12-10/h1-4,10-12H,6-8H2. The first-order valence-corrected chi connectivity index (χ1v) is 4.37. The van der Waals surface area contributed by atoms with Gasteiger partial charge in [-0.2, -0.15) is 0 Å². The molecule has 2 rings (SSSR count). The molecule has 1 fully saturated rings. The molecule has 1 aromatic rings. The van der Waals surface area contributed by atoms with Crippen molar-refractivity contribution in [1.82, 2.24) is 10.6 Å². The van der Waals surface area contributed by atoms with Gasteiger partial charge in [0.15, 0.2) is 0 Å². The van der Waals surface area contributed by atoms with Crippen LogP contribution in [0.2, 0.25) is 0 Å². The van der Waals surface area contributed by atoms with E-state index in [1.807, 2.05) is 12.1 Å². The summed E-state index contributed by atoms with van der Waals surface area (Å²) < 4.78 is 0. The topological polar surface area (TPSA) is 24.1 Å². The first-order valence-electron chi connectivity index (χ1n) is 4.37. The average molecular weight is 161 g/mol. The van der Waals surface area contributed by atoms with E-state index in [2.05, 4.69) is 28.8 Å². The number of benzene rings is 1. The highest BCUT2D eigenvalue weighted by Gasteiger charge is 2.12. The molecule has 1 heterocycles. The van der Waals surface area contributed by atoms with E-state index in [0.717, 1.165) is 19.5 Å². The van der Waals surface area contributed by atoms with Crippen molar-refractivity contribution >= 4 is 0 Å². The summed E-state index contributed by atoms with van der Waals surface area (Å²) in [5.74, 6) is 0. The summed E-state index contributed by atoms with van der Waals surface area (Å²) >= 11 is 0. The van der Waals surface area contributed by atoms with Crippen LogP contribution in [0.5, 0.6) is 0 Å². The lowest BCUT2D eigenvalue weighted by Crippen LogP contribution is -2.33. The Hall–Kier alpha value is -0.860. The summed E-state index contributed by atoms with van der Waals surface area (Å²) in [5.41, 5.74) is 1.27. The Morgan fingerprint density at radius 3 is 2.83 bits per heavy atom. The molecule has 2 N–H and O–H groups in total. The molecule has 0 amide bonds. The molecule has 0 atom stereocenters. The van der Waals surface area contributed by atoms with Gasteiger partial charge in [-0.3, -0.25) is 0 Å². The fraction of sp³-hybridized carbons (Fsp3) is 0.400. The van der Waals surface area contributed by atoms with Gasteiger partial charge in [0.25, 0.3) is 0 Å². The van der Waals surface area contributed by atoms with Gasteiger partial charge in [0.2, 0.25) is 0 Å². The van der Waals surface area contributed by atoms with Gasteiger partial charge in [0.1, 0.15) is 0 Å². The molecule has 1 aliphatic rings. The van der Waals surface area contributed by atoms with Gasteiger partial charge in [-0.25, -0.2) is 0 Å². The highest BCUT2D eigenvalue weighted by atomic mass is 15.2. The lowest BCUT2D eigenvalue weighted by Gasteiger charge is -2.09. The molecule has 0 saturated carbocycles. The quantitative estimate of drug-likeness (QED) is 0.662. The van der Waals surface area contributed by atoms with E-state index in [4.69, 9.17) is 0 Å². The monoisotopic (exact) mass is 161 g/mol. The van der Waals surface area contributed by atoms with E-state index in [9.17, 15) is 0 Å². The van der Waals surface area contributed by atoms with Crippen LogP contribution in [0, 0.1) is 6.07 Å². The van der Waals surface area contributed by atoms with E-state index >= 15 is 0 Å². The lowest BCUT2D eigenvalue weighted by atomic mass is 10.1. The van der Waals surface area contributed by atoms with Crippen LogP contribution >= 0.6 is 0 Å². The fourth-order valence-corrected chi connectivity index (χ4v) is 1.49.